The third-order valence-corrected chi connectivity index (χ3v) is 5.76. The van der Waals surface area contributed by atoms with E-state index in [1.165, 1.54) is 7.11 Å². The highest BCUT2D eigenvalue weighted by Gasteiger charge is 2.52. The van der Waals surface area contributed by atoms with Gasteiger partial charge in [0.25, 0.3) is 10.1 Å². The van der Waals surface area contributed by atoms with Gasteiger partial charge in [-0.05, 0) is 56.8 Å². The number of fused-ring (bicyclic) bond motifs is 3. The number of methoxy groups -OCH3 is 1. The molecule has 0 unspecified atom stereocenters. The van der Waals surface area contributed by atoms with Crippen molar-refractivity contribution in [2.45, 2.75) is 51.4 Å². The molecule has 0 aromatic carbocycles. The van der Waals surface area contributed by atoms with Crippen LogP contribution in [0.15, 0.2) is 0 Å². The third kappa shape index (κ3) is 3.34. The first-order valence-corrected chi connectivity index (χ1v) is 9.05. The molecule has 3 fully saturated rings. The molecule has 3 rings (SSSR count). The summed E-state index contributed by atoms with van der Waals surface area (Å²) in [5, 5.41) is 0. The van der Waals surface area contributed by atoms with E-state index < -0.39 is 10.1 Å². The molecule has 3 aliphatic rings. The zero-order valence-corrected chi connectivity index (χ0v) is 13.1. The van der Waals surface area contributed by atoms with E-state index in [0.717, 1.165) is 57.6 Å². The van der Waals surface area contributed by atoms with Crippen LogP contribution in [0.5, 0.6) is 0 Å². The lowest BCUT2D eigenvalue weighted by Crippen LogP contribution is -2.46. The molecule has 5 nitrogen and oxygen atoms in total. The van der Waals surface area contributed by atoms with E-state index in [1.54, 1.807) is 0 Å². The number of hydrogen-bond donors (Lipinski definition) is 0. The molecule has 3 aliphatic carbocycles. The molecule has 2 bridgehead atoms. The lowest BCUT2D eigenvalue weighted by molar-refractivity contribution is -0.163. The highest BCUT2D eigenvalue weighted by Crippen LogP contribution is 2.59. The Bertz CT molecular complexity index is 443. The van der Waals surface area contributed by atoms with E-state index in [0.29, 0.717) is 0 Å². The summed E-state index contributed by atoms with van der Waals surface area (Å²) in [6.45, 7) is 0.267. The molecule has 0 aromatic heterocycles. The molecule has 6 heteroatoms. The van der Waals surface area contributed by atoms with Crippen molar-refractivity contribution in [2.24, 2.45) is 10.8 Å². The average Bonchev–Trinajstić information content (AvgIpc) is 2.44. The van der Waals surface area contributed by atoms with Gasteiger partial charge in [0.1, 0.15) is 0 Å². The Hall–Kier alpha value is -0.620. The van der Waals surface area contributed by atoms with Crippen LogP contribution in [0.4, 0.5) is 0 Å². The summed E-state index contributed by atoms with van der Waals surface area (Å²) in [4.78, 5) is 11.9. The van der Waals surface area contributed by atoms with Crippen LogP contribution in [0.2, 0.25) is 0 Å². The second-order valence-corrected chi connectivity index (χ2v) is 8.05. The maximum absolute atomic E-state index is 11.9. The first-order chi connectivity index (χ1) is 9.31. The van der Waals surface area contributed by atoms with Crippen LogP contribution in [0.25, 0.3) is 0 Å². The van der Waals surface area contributed by atoms with Crippen molar-refractivity contribution >= 4 is 16.1 Å². The molecule has 0 atom stereocenters. The number of carbonyl (C=O) groups is 1. The first-order valence-electron chi connectivity index (χ1n) is 7.24. The second-order valence-electron chi connectivity index (χ2n) is 6.40. The predicted molar refractivity (Wildman–Crippen MR) is 74.6 cm³/mol. The molecular weight excluding hydrogens is 280 g/mol. The van der Waals surface area contributed by atoms with Crippen molar-refractivity contribution in [1.82, 2.24) is 0 Å². The summed E-state index contributed by atoms with van der Waals surface area (Å²) in [6.07, 6.45) is 8.68. The normalized spacial score (nSPS) is 33.1. The van der Waals surface area contributed by atoms with E-state index >= 15 is 0 Å². The van der Waals surface area contributed by atoms with Gasteiger partial charge >= 0.3 is 5.97 Å². The summed E-state index contributed by atoms with van der Waals surface area (Å²) >= 11 is 0. The summed E-state index contributed by atoms with van der Waals surface area (Å²) in [6, 6.07) is 0. The van der Waals surface area contributed by atoms with E-state index in [2.05, 4.69) is 0 Å². The van der Waals surface area contributed by atoms with E-state index in [9.17, 15) is 13.2 Å². The molecule has 0 amide bonds. The lowest BCUT2D eigenvalue weighted by Gasteiger charge is -2.52. The van der Waals surface area contributed by atoms with Crippen LogP contribution >= 0.6 is 0 Å². The third-order valence-electron chi connectivity index (χ3n) is 5.17. The standard InChI is InChI=1S/C14H24O5S/c1-18-12(15)14-8-5-13(6-9-14,7-10-14)4-3-11-19-20(2,16)17/h3-11H2,1-2H3. The minimum atomic E-state index is -3.33. The largest absolute Gasteiger partial charge is 0.469 e. The van der Waals surface area contributed by atoms with Crippen LogP contribution in [-0.4, -0.2) is 34.4 Å². The van der Waals surface area contributed by atoms with Gasteiger partial charge in [-0.15, -0.1) is 0 Å². The Balaban J connectivity index is 1.83. The van der Waals surface area contributed by atoms with Gasteiger partial charge in [-0.25, -0.2) is 0 Å². The molecule has 3 saturated carbocycles. The van der Waals surface area contributed by atoms with Crippen molar-refractivity contribution in [3.63, 3.8) is 0 Å². The fourth-order valence-corrected chi connectivity index (χ4v) is 4.24. The SMILES string of the molecule is COC(=O)C12CCC(CCCOS(C)(=O)=O)(CC1)CC2. The van der Waals surface area contributed by atoms with Crippen LogP contribution in [-0.2, 0) is 23.8 Å². The zero-order valence-electron chi connectivity index (χ0n) is 12.3. The summed E-state index contributed by atoms with van der Waals surface area (Å²) in [5.74, 6) is -0.0498. The number of ether oxygens (including phenoxy) is 1. The summed E-state index contributed by atoms with van der Waals surface area (Å²) in [7, 11) is -1.86. The number of carbonyl (C=O) groups excluding carboxylic acids is 1. The van der Waals surface area contributed by atoms with E-state index in [4.69, 9.17) is 8.92 Å². The molecule has 0 spiro atoms. The Morgan fingerprint density at radius 1 is 1.10 bits per heavy atom. The fourth-order valence-electron chi connectivity index (χ4n) is 3.82. The van der Waals surface area contributed by atoms with Crippen molar-refractivity contribution in [1.29, 1.82) is 0 Å². The minimum absolute atomic E-state index is 0.0498. The van der Waals surface area contributed by atoms with Crippen LogP contribution in [0.1, 0.15) is 51.4 Å². The Labute approximate surface area is 121 Å². The predicted octanol–water partition coefficient (Wildman–Crippen LogP) is 2.26. The molecule has 0 N–H and O–H groups in total. The maximum atomic E-state index is 11.9. The second kappa shape index (κ2) is 5.64. The molecule has 0 heterocycles. The highest BCUT2D eigenvalue weighted by atomic mass is 32.2. The molecular formula is C14H24O5S. The van der Waals surface area contributed by atoms with Crippen molar-refractivity contribution in [2.75, 3.05) is 20.0 Å². The molecule has 0 aliphatic heterocycles. The topological polar surface area (TPSA) is 69.7 Å². The van der Waals surface area contributed by atoms with Gasteiger partial charge in [-0.1, -0.05) is 0 Å². The average molecular weight is 304 g/mol. The molecule has 0 radical (unpaired) electrons. The van der Waals surface area contributed by atoms with Crippen molar-refractivity contribution in [3.05, 3.63) is 0 Å². The number of esters is 1. The molecule has 20 heavy (non-hydrogen) atoms. The van der Waals surface area contributed by atoms with Crippen LogP contribution < -0.4 is 0 Å². The molecule has 0 aromatic rings. The zero-order chi connectivity index (χ0) is 14.9. The lowest BCUT2D eigenvalue weighted by atomic mass is 9.52. The fraction of sp³-hybridized carbons (Fsp3) is 0.929. The summed E-state index contributed by atoms with van der Waals surface area (Å²) < 4.78 is 31.6. The van der Waals surface area contributed by atoms with Crippen molar-refractivity contribution < 1.29 is 22.1 Å². The Kier molecular flexibility index (Phi) is 4.44. The molecule has 116 valence electrons. The number of hydrogen-bond acceptors (Lipinski definition) is 5. The van der Waals surface area contributed by atoms with Gasteiger partial charge < -0.3 is 4.74 Å². The highest BCUT2D eigenvalue weighted by molar-refractivity contribution is 7.85. The van der Waals surface area contributed by atoms with E-state index in [-0.39, 0.29) is 23.4 Å². The smallest absolute Gasteiger partial charge is 0.311 e. The molecule has 0 saturated heterocycles. The maximum Gasteiger partial charge on any atom is 0.311 e. The van der Waals surface area contributed by atoms with Gasteiger partial charge in [0.15, 0.2) is 0 Å². The Morgan fingerprint density at radius 3 is 2.10 bits per heavy atom. The van der Waals surface area contributed by atoms with Gasteiger partial charge in [0.2, 0.25) is 0 Å². The van der Waals surface area contributed by atoms with E-state index in [1.807, 2.05) is 0 Å². The quantitative estimate of drug-likeness (QED) is 0.428. The van der Waals surface area contributed by atoms with Gasteiger partial charge in [-0.2, -0.15) is 8.42 Å². The van der Waals surface area contributed by atoms with Gasteiger partial charge in [0.05, 0.1) is 25.4 Å². The van der Waals surface area contributed by atoms with Crippen LogP contribution in [0.3, 0.4) is 0 Å². The minimum Gasteiger partial charge on any atom is -0.469 e. The van der Waals surface area contributed by atoms with Crippen molar-refractivity contribution in [3.8, 4) is 0 Å². The Morgan fingerprint density at radius 2 is 1.65 bits per heavy atom. The van der Waals surface area contributed by atoms with Gasteiger partial charge in [0, 0.05) is 0 Å². The summed E-state index contributed by atoms with van der Waals surface area (Å²) in [5.41, 5.74) is 0.0520. The number of rotatable bonds is 6. The van der Waals surface area contributed by atoms with Gasteiger partial charge in [-0.3, -0.25) is 8.98 Å². The first kappa shape index (κ1) is 15.8. The van der Waals surface area contributed by atoms with Crippen LogP contribution in [0, 0.1) is 10.8 Å². The monoisotopic (exact) mass is 304 g/mol.